The first-order chi connectivity index (χ1) is 5.74. The van der Waals surface area contributed by atoms with Gasteiger partial charge in [-0.3, -0.25) is 4.90 Å². The van der Waals surface area contributed by atoms with Crippen LogP contribution >= 0.6 is 0 Å². The lowest BCUT2D eigenvalue weighted by Crippen LogP contribution is -2.58. The molecule has 0 saturated carbocycles. The van der Waals surface area contributed by atoms with Crippen molar-refractivity contribution >= 4 is 0 Å². The zero-order valence-electron chi connectivity index (χ0n) is 8.51. The normalized spacial score (nSPS) is 18.8. The minimum absolute atomic E-state index is 0.801. The maximum atomic E-state index is 3.31. The Morgan fingerprint density at radius 2 is 1.92 bits per heavy atom. The van der Waals surface area contributed by atoms with Crippen molar-refractivity contribution in [1.82, 2.24) is 15.1 Å². The van der Waals surface area contributed by atoms with E-state index in [1.54, 1.807) is 0 Å². The molecule has 1 rings (SSSR count). The summed E-state index contributed by atoms with van der Waals surface area (Å²) >= 11 is 0. The monoisotopic (exact) mass is 171 g/mol. The van der Waals surface area contributed by atoms with Crippen LogP contribution in [0, 0.1) is 0 Å². The molecule has 0 amide bonds. The van der Waals surface area contributed by atoms with Gasteiger partial charge in [-0.25, -0.2) is 0 Å². The topological polar surface area (TPSA) is 18.5 Å². The first-order valence-electron chi connectivity index (χ1n) is 4.83. The van der Waals surface area contributed by atoms with Crippen molar-refractivity contribution in [2.75, 3.05) is 46.8 Å². The van der Waals surface area contributed by atoms with Crippen molar-refractivity contribution in [2.24, 2.45) is 0 Å². The SMILES string of the molecule is CCN(CCN(C)C)C1CNC1. The molecule has 0 spiro atoms. The van der Waals surface area contributed by atoms with E-state index in [0.717, 1.165) is 6.04 Å². The van der Waals surface area contributed by atoms with E-state index in [1.165, 1.54) is 32.7 Å². The van der Waals surface area contributed by atoms with Gasteiger partial charge in [0, 0.05) is 32.2 Å². The maximum Gasteiger partial charge on any atom is 0.0345 e. The second kappa shape index (κ2) is 4.80. The summed E-state index contributed by atoms with van der Waals surface area (Å²) in [6, 6.07) is 0.801. The fraction of sp³-hybridized carbons (Fsp3) is 1.00. The van der Waals surface area contributed by atoms with Gasteiger partial charge in [-0.2, -0.15) is 0 Å². The molecule has 0 aliphatic carbocycles. The lowest BCUT2D eigenvalue weighted by atomic mass is 10.1. The molecule has 0 atom stereocenters. The predicted molar refractivity (Wildman–Crippen MR) is 52.5 cm³/mol. The molecule has 72 valence electrons. The van der Waals surface area contributed by atoms with E-state index in [1.807, 2.05) is 0 Å². The third kappa shape index (κ3) is 2.73. The van der Waals surface area contributed by atoms with Gasteiger partial charge < -0.3 is 10.2 Å². The fourth-order valence-corrected chi connectivity index (χ4v) is 1.46. The van der Waals surface area contributed by atoms with Crippen molar-refractivity contribution in [3.8, 4) is 0 Å². The van der Waals surface area contributed by atoms with Gasteiger partial charge in [-0.05, 0) is 20.6 Å². The maximum absolute atomic E-state index is 3.31. The highest BCUT2D eigenvalue weighted by atomic mass is 15.2. The molecular formula is C9H21N3. The molecular weight excluding hydrogens is 150 g/mol. The van der Waals surface area contributed by atoms with Gasteiger partial charge in [0.25, 0.3) is 0 Å². The molecule has 0 aromatic heterocycles. The minimum Gasteiger partial charge on any atom is -0.314 e. The van der Waals surface area contributed by atoms with Crippen molar-refractivity contribution < 1.29 is 0 Å². The molecule has 1 N–H and O–H groups in total. The van der Waals surface area contributed by atoms with Crippen LogP contribution in [0.1, 0.15) is 6.92 Å². The minimum atomic E-state index is 0.801. The van der Waals surface area contributed by atoms with Crippen LogP contribution in [0.25, 0.3) is 0 Å². The number of hydrogen-bond acceptors (Lipinski definition) is 3. The highest BCUT2D eigenvalue weighted by Crippen LogP contribution is 2.03. The van der Waals surface area contributed by atoms with E-state index in [4.69, 9.17) is 0 Å². The molecule has 3 nitrogen and oxygen atoms in total. The Morgan fingerprint density at radius 3 is 2.25 bits per heavy atom. The van der Waals surface area contributed by atoms with Crippen molar-refractivity contribution in [1.29, 1.82) is 0 Å². The molecule has 1 fully saturated rings. The van der Waals surface area contributed by atoms with Gasteiger partial charge in [0.1, 0.15) is 0 Å². The fourth-order valence-electron chi connectivity index (χ4n) is 1.46. The van der Waals surface area contributed by atoms with Crippen molar-refractivity contribution in [3.63, 3.8) is 0 Å². The standard InChI is InChI=1S/C9H21N3/c1-4-12(6-5-11(2)3)9-7-10-8-9/h9-10H,4-8H2,1-3H3. The highest BCUT2D eigenvalue weighted by Gasteiger charge is 2.22. The van der Waals surface area contributed by atoms with Gasteiger partial charge in [0.2, 0.25) is 0 Å². The van der Waals surface area contributed by atoms with Crippen LogP contribution in [0.5, 0.6) is 0 Å². The Morgan fingerprint density at radius 1 is 1.25 bits per heavy atom. The van der Waals surface area contributed by atoms with E-state index < -0.39 is 0 Å². The molecule has 0 bridgehead atoms. The van der Waals surface area contributed by atoms with E-state index in [9.17, 15) is 0 Å². The average molecular weight is 171 g/mol. The molecule has 0 aromatic rings. The zero-order chi connectivity index (χ0) is 8.97. The largest absolute Gasteiger partial charge is 0.314 e. The summed E-state index contributed by atoms with van der Waals surface area (Å²) in [5.74, 6) is 0. The summed E-state index contributed by atoms with van der Waals surface area (Å²) in [4.78, 5) is 4.80. The summed E-state index contributed by atoms with van der Waals surface area (Å²) in [6.07, 6.45) is 0. The third-order valence-electron chi connectivity index (χ3n) is 2.52. The molecule has 1 aliphatic rings. The molecule has 3 heteroatoms. The third-order valence-corrected chi connectivity index (χ3v) is 2.52. The Labute approximate surface area is 75.7 Å². The first kappa shape index (κ1) is 9.96. The summed E-state index contributed by atoms with van der Waals surface area (Å²) in [5.41, 5.74) is 0. The number of rotatable bonds is 5. The van der Waals surface area contributed by atoms with Gasteiger partial charge in [0.15, 0.2) is 0 Å². The zero-order valence-corrected chi connectivity index (χ0v) is 8.51. The number of nitrogens with one attached hydrogen (secondary N) is 1. The summed E-state index contributed by atoms with van der Waals surface area (Å²) in [7, 11) is 4.26. The van der Waals surface area contributed by atoms with E-state index in [2.05, 4.69) is 36.1 Å². The Kier molecular flexibility index (Phi) is 3.98. The molecule has 12 heavy (non-hydrogen) atoms. The molecule has 1 saturated heterocycles. The second-order valence-electron chi connectivity index (χ2n) is 3.74. The molecule has 1 heterocycles. The summed E-state index contributed by atoms with van der Waals surface area (Å²) in [6.45, 7) is 8.16. The van der Waals surface area contributed by atoms with Crippen LogP contribution < -0.4 is 5.32 Å². The van der Waals surface area contributed by atoms with E-state index in [-0.39, 0.29) is 0 Å². The predicted octanol–water partition coefficient (Wildman–Crippen LogP) is -0.158. The molecule has 0 aromatic carbocycles. The van der Waals surface area contributed by atoms with Gasteiger partial charge in [0.05, 0.1) is 0 Å². The highest BCUT2D eigenvalue weighted by molar-refractivity contribution is 4.84. The Balaban J connectivity index is 2.15. The van der Waals surface area contributed by atoms with Gasteiger partial charge in [-0.15, -0.1) is 0 Å². The molecule has 0 radical (unpaired) electrons. The molecule has 0 unspecified atom stereocenters. The van der Waals surface area contributed by atoms with Gasteiger partial charge >= 0.3 is 0 Å². The van der Waals surface area contributed by atoms with Crippen LogP contribution in [0.4, 0.5) is 0 Å². The number of likely N-dealkylation sites (N-methyl/N-ethyl adjacent to an activating group) is 2. The Hall–Kier alpha value is -0.120. The summed E-state index contributed by atoms with van der Waals surface area (Å²) in [5, 5.41) is 3.31. The van der Waals surface area contributed by atoms with E-state index >= 15 is 0 Å². The summed E-state index contributed by atoms with van der Waals surface area (Å²) < 4.78 is 0. The number of nitrogens with zero attached hydrogens (tertiary/aromatic N) is 2. The van der Waals surface area contributed by atoms with Gasteiger partial charge in [-0.1, -0.05) is 6.92 Å². The lowest BCUT2D eigenvalue weighted by molar-refractivity contribution is 0.141. The smallest absolute Gasteiger partial charge is 0.0345 e. The number of hydrogen-bond donors (Lipinski definition) is 1. The van der Waals surface area contributed by atoms with Crippen LogP contribution in [-0.4, -0.2) is 62.7 Å². The van der Waals surface area contributed by atoms with Crippen molar-refractivity contribution in [2.45, 2.75) is 13.0 Å². The Bertz CT molecular complexity index is 121. The molecule has 1 aliphatic heterocycles. The van der Waals surface area contributed by atoms with Crippen LogP contribution in [0.3, 0.4) is 0 Å². The van der Waals surface area contributed by atoms with Crippen LogP contribution in [0.2, 0.25) is 0 Å². The average Bonchev–Trinajstić information content (AvgIpc) is 1.93. The van der Waals surface area contributed by atoms with E-state index in [0.29, 0.717) is 0 Å². The first-order valence-corrected chi connectivity index (χ1v) is 4.83. The lowest BCUT2D eigenvalue weighted by Gasteiger charge is -2.38. The second-order valence-corrected chi connectivity index (χ2v) is 3.74. The van der Waals surface area contributed by atoms with Crippen LogP contribution in [-0.2, 0) is 0 Å². The quantitative estimate of drug-likeness (QED) is 0.620. The van der Waals surface area contributed by atoms with Crippen molar-refractivity contribution in [3.05, 3.63) is 0 Å². The van der Waals surface area contributed by atoms with Crippen LogP contribution in [0.15, 0.2) is 0 Å².